The van der Waals surface area contributed by atoms with Gasteiger partial charge in [-0.05, 0) is 87.5 Å². The van der Waals surface area contributed by atoms with Crippen molar-refractivity contribution < 1.29 is 29.4 Å². The highest BCUT2D eigenvalue weighted by Gasteiger charge is 2.32. The molecular formula is C33H38N4O6. The van der Waals surface area contributed by atoms with E-state index in [1.165, 1.54) is 0 Å². The number of carboxylic acid groups (broad SMARTS) is 2. The van der Waals surface area contributed by atoms with E-state index in [0.29, 0.717) is 41.0 Å². The molecule has 0 aliphatic carbocycles. The van der Waals surface area contributed by atoms with Crippen molar-refractivity contribution in [2.75, 3.05) is 0 Å². The van der Waals surface area contributed by atoms with Gasteiger partial charge in [-0.15, -0.1) is 0 Å². The molecule has 2 amide bonds. The molecule has 1 aromatic heterocycles. The second kappa shape index (κ2) is 12.6. The molecule has 0 spiro atoms. The third-order valence-corrected chi connectivity index (χ3v) is 8.52. The molecule has 1 aromatic rings. The van der Waals surface area contributed by atoms with Gasteiger partial charge in [-0.3, -0.25) is 19.2 Å². The molecule has 2 unspecified atom stereocenters. The Balaban J connectivity index is 1.81. The molecule has 3 aliphatic rings. The van der Waals surface area contributed by atoms with Crippen molar-refractivity contribution in [1.82, 2.24) is 15.6 Å². The van der Waals surface area contributed by atoms with Crippen LogP contribution in [0.2, 0.25) is 0 Å². The number of carbonyl (C=O) groups is 4. The summed E-state index contributed by atoms with van der Waals surface area (Å²) in [6.45, 7) is 13.2. The lowest BCUT2D eigenvalue weighted by atomic mass is 9.90. The Morgan fingerprint density at radius 2 is 1.70 bits per heavy atom. The molecule has 0 fully saturated rings. The average molecular weight is 587 g/mol. The molecule has 5 N–H and O–H groups in total. The van der Waals surface area contributed by atoms with Crippen LogP contribution in [0.15, 0.2) is 63.0 Å². The first-order valence-corrected chi connectivity index (χ1v) is 14.4. The SMILES string of the molecule is C=CC1=C(C)C(=O)N/C1=C/C1=C(C)C(CCC(=O)O)C(/C=c2\[nH]/c(=C\C3=NC(=O)C(CC)=C3C)c(C)c2CCC(=O)O)N1. The first-order valence-electron chi connectivity index (χ1n) is 14.4. The highest BCUT2D eigenvalue weighted by Crippen LogP contribution is 2.33. The van der Waals surface area contributed by atoms with Gasteiger partial charge in [0.25, 0.3) is 11.8 Å². The number of carbonyl (C=O) groups excluding carboxylic acids is 2. The van der Waals surface area contributed by atoms with Crippen LogP contribution >= 0.6 is 0 Å². The predicted molar refractivity (Wildman–Crippen MR) is 164 cm³/mol. The molecule has 0 saturated carbocycles. The van der Waals surface area contributed by atoms with Crippen LogP contribution in [0.1, 0.15) is 64.5 Å². The van der Waals surface area contributed by atoms with Gasteiger partial charge in [-0.2, -0.15) is 0 Å². The lowest BCUT2D eigenvalue weighted by Crippen LogP contribution is -2.30. The van der Waals surface area contributed by atoms with Gasteiger partial charge in [0.1, 0.15) is 0 Å². The summed E-state index contributed by atoms with van der Waals surface area (Å²) in [6, 6.07) is -0.311. The molecule has 226 valence electrons. The zero-order chi connectivity index (χ0) is 31.6. The van der Waals surface area contributed by atoms with Crippen LogP contribution in [0.25, 0.3) is 12.2 Å². The average Bonchev–Trinajstić information content (AvgIpc) is 3.59. The summed E-state index contributed by atoms with van der Waals surface area (Å²) in [7, 11) is 0. The summed E-state index contributed by atoms with van der Waals surface area (Å²) in [5.41, 5.74) is 7.39. The number of nitrogens with one attached hydrogen (secondary N) is 3. The number of H-pyrrole nitrogens is 1. The molecular weight excluding hydrogens is 548 g/mol. The number of aliphatic carboxylic acids is 2. The predicted octanol–water partition coefficient (Wildman–Crippen LogP) is 2.85. The minimum Gasteiger partial charge on any atom is -0.481 e. The van der Waals surface area contributed by atoms with Gasteiger partial charge in [-0.25, -0.2) is 4.99 Å². The molecule has 4 heterocycles. The van der Waals surface area contributed by atoms with Gasteiger partial charge < -0.3 is 25.8 Å². The van der Waals surface area contributed by atoms with Crippen molar-refractivity contribution in [2.45, 2.75) is 72.8 Å². The standard InChI is InChI=1S/C33H38N4O6/c1-7-20-19(6)32(42)37-27(20)14-25-18(5)23(10-12-31(40)41)29(35-25)15-28-22(9-11-30(38)39)17(4)24(34-28)13-26-16(3)21(8-2)33(43)36-26/h7,13-15,23,29,34-35H,1,8-12H2,2-6H3,(H,37,42)(H,38,39)(H,40,41)/b24-13-,27-14+,28-15-. The maximum atomic E-state index is 12.3. The van der Waals surface area contributed by atoms with Crippen molar-refractivity contribution in [3.8, 4) is 0 Å². The lowest BCUT2D eigenvalue weighted by molar-refractivity contribution is -0.138. The van der Waals surface area contributed by atoms with Gasteiger partial charge in [0, 0.05) is 51.9 Å². The zero-order valence-electron chi connectivity index (χ0n) is 25.2. The van der Waals surface area contributed by atoms with E-state index in [9.17, 15) is 29.4 Å². The van der Waals surface area contributed by atoms with Crippen molar-refractivity contribution in [3.63, 3.8) is 0 Å². The third kappa shape index (κ3) is 6.38. The summed E-state index contributed by atoms with van der Waals surface area (Å²) in [4.78, 5) is 55.3. The van der Waals surface area contributed by atoms with E-state index in [2.05, 4.69) is 27.2 Å². The molecule has 2 atom stereocenters. The molecule has 10 heteroatoms. The van der Waals surface area contributed by atoms with Crippen molar-refractivity contribution in [2.24, 2.45) is 10.9 Å². The van der Waals surface area contributed by atoms with Gasteiger partial charge in [-0.1, -0.05) is 19.6 Å². The maximum absolute atomic E-state index is 12.3. The maximum Gasteiger partial charge on any atom is 0.303 e. The van der Waals surface area contributed by atoms with E-state index in [1.807, 2.05) is 45.9 Å². The van der Waals surface area contributed by atoms with Crippen LogP contribution in [0, 0.1) is 12.8 Å². The number of nitrogens with zero attached hydrogens (tertiary/aromatic N) is 1. The van der Waals surface area contributed by atoms with Crippen LogP contribution in [0.5, 0.6) is 0 Å². The van der Waals surface area contributed by atoms with Crippen molar-refractivity contribution in [1.29, 1.82) is 0 Å². The van der Waals surface area contributed by atoms with E-state index < -0.39 is 11.9 Å². The largest absolute Gasteiger partial charge is 0.481 e. The highest BCUT2D eigenvalue weighted by molar-refractivity contribution is 6.30. The smallest absolute Gasteiger partial charge is 0.303 e. The van der Waals surface area contributed by atoms with E-state index in [-0.39, 0.29) is 43.0 Å². The first kappa shape index (κ1) is 31.2. The fraction of sp³-hybridized carbons (Fsp3) is 0.364. The van der Waals surface area contributed by atoms with E-state index in [1.54, 1.807) is 13.0 Å². The fourth-order valence-corrected chi connectivity index (χ4v) is 5.95. The van der Waals surface area contributed by atoms with Gasteiger partial charge >= 0.3 is 11.9 Å². The van der Waals surface area contributed by atoms with E-state index in [4.69, 9.17) is 0 Å². The molecule has 0 radical (unpaired) electrons. The number of rotatable bonds is 11. The molecule has 0 aromatic carbocycles. The summed E-state index contributed by atoms with van der Waals surface area (Å²) in [5, 5.41) is 26.7. The van der Waals surface area contributed by atoms with E-state index in [0.717, 1.165) is 38.7 Å². The number of carboxylic acids is 2. The van der Waals surface area contributed by atoms with Crippen LogP contribution in [0.3, 0.4) is 0 Å². The Hall–Kier alpha value is -4.73. The second-order valence-corrected chi connectivity index (χ2v) is 11.1. The minimum absolute atomic E-state index is 0.0284. The number of aromatic amines is 1. The molecule has 4 rings (SSSR count). The fourth-order valence-electron chi connectivity index (χ4n) is 5.95. The van der Waals surface area contributed by atoms with Gasteiger partial charge in [0.2, 0.25) is 0 Å². The first-order chi connectivity index (χ1) is 20.4. The van der Waals surface area contributed by atoms with Crippen molar-refractivity contribution >= 4 is 41.6 Å². The quantitative estimate of drug-likeness (QED) is 0.266. The summed E-state index contributed by atoms with van der Waals surface area (Å²) in [6.07, 6.45) is 8.44. The topological polar surface area (TPSA) is 161 Å². The highest BCUT2D eigenvalue weighted by atomic mass is 16.4. The second-order valence-electron chi connectivity index (χ2n) is 11.1. The summed E-state index contributed by atoms with van der Waals surface area (Å²) < 4.78 is 0. The number of allylic oxidation sites excluding steroid dienone is 3. The monoisotopic (exact) mass is 586 g/mol. The number of aromatic nitrogens is 1. The normalized spacial score (nSPS) is 22.3. The Bertz CT molecular complexity index is 1710. The summed E-state index contributed by atoms with van der Waals surface area (Å²) in [5.74, 6) is -2.42. The number of amides is 2. The third-order valence-electron chi connectivity index (χ3n) is 8.52. The minimum atomic E-state index is -0.918. The van der Waals surface area contributed by atoms with E-state index >= 15 is 0 Å². The Morgan fingerprint density at radius 1 is 1.00 bits per heavy atom. The van der Waals surface area contributed by atoms with Crippen LogP contribution < -0.4 is 21.3 Å². The van der Waals surface area contributed by atoms with Crippen LogP contribution in [-0.4, -0.2) is 50.7 Å². The van der Waals surface area contributed by atoms with Crippen LogP contribution in [-0.2, 0) is 25.6 Å². The zero-order valence-corrected chi connectivity index (χ0v) is 25.2. The van der Waals surface area contributed by atoms with Gasteiger partial charge in [0.05, 0.1) is 17.5 Å². The molecule has 0 saturated heterocycles. The molecule has 43 heavy (non-hydrogen) atoms. The number of hydrogen-bond acceptors (Lipinski definition) is 5. The van der Waals surface area contributed by atoms with Crippen molar-refractivity contribution in [3.05, 3.63) is 79.8 Å². The summed E-state index contributed by atoms with van der Waals surface area (Å²) >= 11 is 0. The Morgan fingerprint density at radius 3 is 2.30 bits per heavy atom. The van der Waals surface area contributed by atoms with Crippen LogP contribution in [0.4, 0.5) is 0 Å². The molecule has 10 nitrogen and oxygen atoms in total. The number of aliphatic imine (C=N–C) groups is 1. The number of hydrogen-bond donors (Lipinski definition) is 5. The lowest BCUT2D eigenvalue weighted by Gasteiger charge is -2.18. The molecule has 3 aliphatic heterocycles. The van der Waals surface area contributed by atoms with Gasteiger partial charge in [0.15, 0.2) is 0 Å². The molecule has 0 bridgehead atoms. The Kier molecular flexibility index (Phi) is 9.18. The Labute approximate surface area is 250 Å².